The van der Waals surface area contributed by atoms with Gasteiger partial charge in [-0.25, -0.2) is 14.1 Å². The van der Waals surface area contributed by atoms with Gasteiger partial charge in [0.1, 0.15) is 24.2 Å². The predicted octanol–water partition coefficient (Wildman–Crippen LogP) is 1.20. The Morgan fingerprint density at radius 2 is 2.12 bits per heavy atom. The van der Waals surface area contributed by atoms with Crippen molar-refractivity contribution in [2.24, 2.45) is 5.92 Å². The number of halogens is 1. The van der Waals surface area contributed by atoms with Gasteiger partial charge in [0.2, 0.25) is 0 Å². The van der Waals surface area contributed by atoms with Gasteiger partial charge >= 0.3 is 0 Å². The molecule has 1 aromatic heterocycles. The second-order valence-corrected chi connectivity index (χ2v) is 6.27. The molecule has 1 aliphatic rings. The number of hydrogen-bond donors (Lipinski definition) is 2. The van der Waals surface area contributed by atoms with Crippen LogP contribution in [0.3, 0.4) is 0 Å². The zero-order valence-corrected chi connectivity index (χ0v) is 13.7. The van der Waals surface area contributed by atoms with E-state index >= 15 is 0 Å². The van der Waals surface area contributed by atoms with E-state index in [0.29, 0.717) is 18.2 Å². The van der Waals surface area contributed by atoms with Gasteiger partial charge in [-0.05, 0) is 56.1 Å². The van der Waals surface area contributed by atoms with Gasteiger partial charge in [0.25, 0.3) is 0 Å². The highest BCUT2D eigenvalue weighted by atomic mass is 19.1. The minimum atomic E-state index is -0.294. The van der Waals surface area contributed by atoms with Crippen LogP contribution in [-0.4, -0.2) is 57.6 Å². The van der Waals surface area contributed by atoms with E-state index in [9.17, 15) is 4.39 Å². The molecule has 130 valence electrons. The normalized spacial score (nSPS) is 16.6. The number of β-amino-alcohol motifs (C(OH)–C–C–N with tert-alkyl or cyclic N) is 1. The second kappa shape index (κ2) is 8.32. The van der Waals surface area contributed by atoms with Crippen molar-refractivity contribution in [2.75, 3.05) is 32.8 Å². The van der Waals surface area contributed by atoms with Crippen LogP contribution in [0.5, 0.6) is 0 Å². The minimum absolute atomic E-state index is 0.235. The zero-order valence-electron chi connectivity index (χ0n) is 13.7. The second-order valence-electron chi connectivity index (χ2n) is 6.27. The van der Waals surface area contributed by atoms with E-state index in [1.807, 2.05) is 6.07 Å². The van der Waals surface area contributed by atoms with Crippen molar-refractivity contribution in [1.82, 2.24) is 25.0 Å². The number of piperidine rings is 1. The Morgan fingerprint density at radius 3 is 2.79 bits per heavy atom. The molecule has 2 aromatic rings. The van der Waals surface area contributed by atoms with Crippen molar-refractivity contribution in [3.63, 3.8) is 0 Å². The summed E-state index contributed by atoms with van der Waals surface area (Å²) in [6, 6.07) is 5.19. The van der Waals surface area contributed by atoms with Gasteiger partial charge < -0.3 is 15.3 Å². The van der Waals surface area contributed by atoms with Gasteiger partial charge in [0.15, 0.2) is 0 Å². The van der Waals surface area contributed by atoms with Crippen LogP contribution >= 0.6 is 0 Å². The van der Waals surface area contributed by atoms with Crippen molar-refractivity contribution in [1.29, 1.82) is 0 Å². The third-order valence-corrected chi connectivity index (χ3v) is 4.56. The summed E-state index contributed by atoms with van der Waals surface area (Å²) < 4.78 is 15.6. The average Bonchev–Trinajstić information content (AvgIpc) is 3.11. The molecule has 0 spiro atoms. The largest absolute Gasteiger partial charge is 0.395 e. The molecular weight excluding hydrogens is 309 g/mol. The predicted molar refractivity (Wildman–Crippen MR) is 89.3 cm³/mol. The monoisotopic (exact) mass is 333 g/mol. The maximum Gasteiger partial charge on any atom is 0.149 e. The highest BCUT2D eigenvalue weighted by Crippen LogP contribution is 2.17. The fraction of sp³-hybridized carbons (Fsp3) is 0.529. The first-order chi connectivity index (χ1) is 11.8. The minimum Gasteiger partial charge on any atom is -0.395 e. The van der Waals surface area contributed by atoms with Gasteiger partial charge in [0.05, 0.1) is 6.61 Å². The molecule has 6 nitrogen and oxygen atoms in total. The SMILES string of the molecule is OCCN1CCC(CNCc2ccc(-n3cncn3)c(F)c2)CC1. The van der Waals surface area contributed by atoms with Crippen molar-refractivity contribution in [2.45, 2.75) is 19.4 Å². The smallest absolute Gasteiger partial charge is 0.149 e. The lowest BCUT2D eigenvalue weighted by Gasteiger charge is -2.31. The van der Waals surface area contributed by atoms with Crippen LogP contribution in [0.25, 0.3) is 5.69 Å². The molecule has 0 aliphatic carbocycles. The molecule has 0 saturated carbocycles. The van der Waals surface area contributed by atoms with E-state index in [1.165, 1.54) is 17.3 Å². The number of rotatable bonds is 7. The summed E-state index contributed by atoms with van der Waals surface area (Å²) in [7, 11) is 0. The van der Waals surface area contributed by atoms with Crippen LogP contribution in [0.2, 0.25) is 0 Å². The fourth-order valence-corrected chi connectivity index (χ4v) is 3.16. The molecule has 1 fully saturated rings. The number of nitrogens with one attached hydrogen (secondary N) is 1. The number of likely N-dealkylation sites (tertiary alicyclic amines) is 1. The Kier molecular flexibility index (Phi) is 5.90. The third kappa shape index (κ3) is 4.37. The summed E-state index contributed by atoms with van der Waals surface area (Å²) >= 11 is 0. The van der Waals surface area contributed by atoms with Gasteiger partial charge in [-0.1, -0.05) is 6.07 Å². The van der Waals surface area contributed by atoms with Crippen molar-refractivity contribution in [3.05, 3.63) is 42.2 Å². The van der Waals surface area contributed by atoms with Gasteiger partial charge in [0, 0.05) is 13.1 Å². The molecule has 7 heteroatoms. The first kappa shape index (κ1) is 17.0. The summed E-state index contributed by atoms with van der Waals surface area (Å²) in [5, 5.41) is 16.3. The van der Waals surface area contributed by atoms with Crippen LogP contribution in [0.1, 0.15) is 18.4 Å². The molecule has 3 rings (SSSR count). The fourth-order valence-electron chi connectivity index (χ4n) is 3.16. The van der Waals surface area contributed by atoms with E-state index in [4.69, 9.17) is 5.11 Å². The summed E-state index contributed by atoms with van der Waals surface area (Å²) in [6.07, 6.45) is 5.17. The summed E-state index contributed by atoms with van der Waals surface area (Å²) in [6.45, 7) is 4.71. The molecule has 0 radical (unpaired) electrons. The van der Waals surface area contributed by atoms with Crippen LogP contribution in [0.15, 0.2) is 30.9 Å². The van der Waals surface area contributed by atoms with Gasteiger partial charge in [-0.15, -0.1) is 0 Å². The molecule has 0 amide bonds. The van der Waals surface area contributed by atoms with E-state index in [-0.39, 0.29) is 12.4 Å². The molecule has 24 heavy (non-hydrogen) atoms. The van der Waals surface area contributed by atoms with E-state index in [2.05, 4.69) is 20.3 Å². The molecule has 1 aromatic carbocycles. The van der Waals surface area contributed by atoms with E-state index in [0.717, 1.165) is 44.6 Å². The number of hydrogen-bond acceptors (Lipinski definition) is 5. The van der Waals surface area contributed by atoms with E-state index in [1.54, 1.807) is 12.1 Å². The molecule has 1 saturated heterocycles. The van der Waals surface area contributed by atoms with Gasteiger partial charge in [-0.2, -0.15) is 5.10 Å². The Bertz CT molecular complexity index is 626. The third-order valence-electron chi connectivity index (χ3n) is 4.56. The van der Waals surface area contributed by atoms with Crippen molar-refractivity contribution < 1.29 is 9.50 Å². The molecule has 2 N–H and O–H groups in total. The van der Waals surface area contributed by atoms with Gasteiger partial charge in [-0.3, -0.25) is 0 Å². The molecule has 2 heterocycles. The molecule has 0 unspecified atom stereocenters. The zero-order chi connectivity index (χ0) is 16.8. The van der Waals surface area contributed by atoms with Crippen LogP contribution in [-0.2, 0) is 6.54 Å². The molecule has 1 aliphatic heterocycles. The molecule has 0 atom stereocenters. The standard InChI is InChI=1S/C17H24FN5O/c18-16-9-15(1-2-17(16)23-13-20-12-21-23)11-19-10-14-3-5-22(6-4-14)7-8-24/h1-2,9,12-14,19,24H,3-8,10-11H2. The number of aliphatic hydroxyl groups excluding tert-OH is 1. The lowest BCUT2D eigenvalue weighted by Crippen LogP contribution is -2.38. The number of benzene rings is 1. The topological polar surface area (TPSA) is 66.2 Å². The van der Waals surface area contributed by atoms with E-state index < -0.39 is 0 Å². The first-order valence-corrected chi connectivity index (χ1v) is 8.43. The summed E-state index contributed by atoms with van der Waals surface area (Å²) in [5.74, 6) is 0.358. The molecular formula is C17H24FN5O. The van der Waals surface area contributed by atoms with Crippen LogP contribution in [0.4, 0.5) is 4.39 Å². The lowest BCUT2D eigenvalue weighted by atomic mass is 9.97. The summed E-state index contributed by atoms with van der Waals surface area (Å²) in [4.78, 5) is 6.14. The Balaban J connectivity index is 1.45. The van der Waals surface area contributed by atoms with Crippen molar-refractivity contribution >= 4 is 0 Å². The molecule has 0 bridgehead atoms. The Morgan fingerprint density at radius 1 is 1.29 bits per heavy atom. The Labute approximate surface area is 141 Å². The lowest BCUT2D eigenvalue weighted by molar-refractivity contribution is 0.146. The Hall–Kier alpha value is -1.83. The van der Waals surface area contributed by atoms with Crippen molar-refractivity contribution in [3.8, 4) is 5.69 Å². The van der Waals surface area contributed by atoms with Crippen LogP contribution < -0.4 is 5.32 Å². The summed E-state index contributed by atoms with van der Waals surface area (Å²) in [5.41, 5.74) is 1.33. The maximum absolute atomic E-state index is 14.2. The highest BCUT2D eigenvalue weighted by molar-refractivity contribution is 5.35. The first-order valence-electron chi connectivity index (χ1n) is 8.43. The number of aromatic nitrogens is 3. The quantitative estimate of drug-likeness (QED) is 0.797. The van der Waals surface area contributed by atoms with Crippen LogP contribution in [0, 0.1) is 11.7 Å². The maximum atomic E-state index is 14.2. The number of aliphatic hydroxyl groups is 1. The average molecular weight is 333 g/mol. The number of nitrogens with zero attached hydrogens (tertiary/aromatic N) is 4. The highest BCUT2D eigenvalue weighted by Gasteiger charge is 2.18.